The number of halogens is 1. The van der Waals surface area contributed by atoms with Crippen LogP contribution in [-0.2, 0) is 0 Å². The molecule has 0 bridgehead atoms. The Morgan fingerprint density at radius 1 is 1.07 bits per heavy atom. The molecule has 0 amide bonds. The second-order valence-corrected chi connectivity index (χ2v) is 4.04. The Kier molecular flexibility index (Phi) is 2.74. The molecule has 0 unspecified atom stereocenters. The third-order valence-electron chi connectivity index (χ3n) is 2.36. The average Bonchev–Trinajstić information content (AvgIpc) is 2.22. The van der Waals surface area contributed by atoms with Crippen LogP contribution in [0.5, 0.6) is 0 Å². The number of nitrogens with zero attached hydrogens (tertiary/aromatic N) is 1. The summed E-state index contributed by atoms with van der Waals surface area (Å²) < 4.78 is 0. The minimum Gasteiger partial charge on any atom is -0.253 e. The van der Waals surface area contributed by atoms with Gasteiger partial charge in [-0.25, -0.2) is 0 Å². The molecule has 1 heterocycles. The summed E-state index contributed by atoms with van der Waals surface area (Å²) >= 11 is 6.08. The minimum atomic E-state index is 0.788. The van der Waals surface area contributed by atoms with Gasteiger partial charge in [-0.1, -0.05) is 29.8 Å². The maximum absolute atomic E-state index is 6.08. The summed E-state index contributed by atoms with van der Waals surface area (Å²) in [7, 11) is 0. The molecule has 2 aromatic rings. The molecule has 0 fully saturated rings. The number of aryl methyl sites for hydroxylation is 2. The van der Waals surface area contributed by atoms with Crippen molar-refractivity contribution in [3.8, 4) is 11.3 Å². The zero-order chi connectivity index (χ0) is 10.8. The van der Waals surface area contributed by atoms with Gasteiger partial charge in [-0.3, -0.25) is 4.98 Å². The van der Waals surface area contributed by atoms with E-state index in [1.54, 1.807) is 0 Å². The fourth-order valence-electron chi connectivity index (χ4n) is 1.46. The first-order valence-corrected chi connectivity index (χ1v) is 5.25. The predicted molar refractivity (Wildman–Crippen MR) is 64.2 cm³/mol. The molecule has 0 atom stereocenters. The fourth-order valence-corrected chi connectivity index (χ4v) is 1.64. The van der Waals surface area contributed by atoms with E-state index in [4.69, 9.17) is 11.6 Å². The van der Waals surface area contributed by atoms with Crippen molar-refractivity contribution < 1.29 is 0 Å². The third kappa shape index (κ3) is 2.18. The second-order valence-electron chi connectivity index (χ2n) is 3.63. The lowest BCUT2D eigenvalue weighted by Gasteiger charge is -2.04. The minimum absolute atomic E-state index is 0.788. The van der Waals surface area contributed by atoms with Crippen LogP contribution in [0.4, 0.5) is 0 Å². The molecule has 1 aromatic heterocycles. The van der Waals surface area contributed by atoms with Crippen molar-refractivity contribution in [2.24, 2.45) is 0 Å². The van der Waals surface area contributed by atoms with Gasteiger partial charge in [-0.2, -0.15) is 0 Å². The van der Waals surface area contributed by atoms with Gasteiger partial charge in [-0.05, 0) is 37.6 Å². The molecule has 0 spiro atoms. The van der Waals surface area contributed by atoms with Crippen molar-refractivity contribution in [2.75, 3.05) is 0 Å². The molecular weight excluding hydrogens is 206 g/mol. The molecule has 0 aliphatic heterocycles. The van der Waals surface area contributed by atoms with Crippen molar-refractivity contribution in [1.29, 1.82) is 0 Å². The standard InChI is InChI=1S/C13H12ClN/c1-9-6-7-11(8-12(9)14)13-5-3-4-10(2)15-13/h3-8H,1-2H3. The van der Waals surface area contributed by atoms with Crippen LogP contribution < -0.4 is 0 Å². The van der Waals surface area contributed by atoms with Crippen LogP contribution in [0.1, 0.15) is 11.3 Å². The molecule has 0 aliphatic carbocycles. The maximum atomic E-state index is 6.08. The highest BCUT2D eigenvalue weighted by molar-refractivity contribution is 6.31. The molecule has 0 saturated carbocycles. The molecular formula is C13H12ClN. The Morgan fingerprint density at radius 3 is 2.53 bits per heavy atom. The highest BCUT2D eigenvalue weighted by Crippen LogP contribution is 2.23. The van der Waals surface area contributed by atoms with Gasteiger partial charge >= 0.3 is 0 Å². The highest BCUT2D eigenvalue weighted by Gasteiger charge is 2.01. The molecule has 1 aromatic carbocycles. The topological polar surface area (TPSA) is 12.9 Å². The Hall–Kier alpha value is -1.34. The summed E-state index contributed by atoms with van der Waals surface area (Å²) in [5, 5.41) is 0.788. The van der Waals surface area contributed by atoms with E-state index in [0.29, 0.717) is 0 Å². The maximum Gasteiger partial charge on any atom is 0.0705 e. The summed E-state index contributed by atoms with van der Waals surface area (Å²) in [4.78, 5) is 4.46. The van der Waals surface area contributed by atoms with E-state index in [1.165, 1.54) is 0 Å². The molecule has 15 heavy (non-hydrogen) atoms. The van der Waals surface area contributed by atoms with Gasteiger partial charge < -0.3 is 0 Å². The van der Waals surface area contributed by atoms with E-state index in [2.05, 4.69) is 4.98 Å². The summed E-state index contributed by atoms with van der Waals surface area (Å²) in [6.07, 6.45) is 0. The SMILES string of the molecule is Cc1cccc(-c2ccc(C)c(Cl)c2)n1. The van der Waals surface area contributed by atoms with E-state index in [-0.39, 0.29) is 0 Å². The third-order valence-corrected chi connectivity index (χ3v) is 2.76. The predicted octanol–water partition coefficient (Wildman–Crippen LogP) is 4.02. The van der Waals surface area contributed by atoms with Crippen LogP contribution in [0, 0.1) is 13.8 Å². The van der Waals surface area contributed by atoms with E-state index in [1.807, 2.05) is 50.2 Å². The van der Waals surface area contributed by atoms with E-state index < -0.39 is 0 Å². The largest absolute Gasteiger partial charge is 0.253 e. The van der Waals surface area contributed by atoms with Gasteiger partial charge in [-0.15, -0.1) is 0 Å². The van der Waals surface area contributed by atoms with Crippen molar-refractivity contribution in [3.05, 3.63) is 52.7 Å². The Balaban J connectivity index is 2.50. The monoisotopic (exact) mass is 217 g/mol. The van der Waals surface area contributed by atoms with Crippen LogP contribution in [0.15, 0.2) is 36.4 Å². The van der Waals surface area contributed by atoms with Crippen molar-refractivity contribution in [1.82, 2.24) is 4.98 Å². The first kappa shape index (κ1) is 10.2. The van der Waals surface area contributed by atoms with Crippen LogP contribution in [0.3, 0.4) is 0 Å². The van der Waals surface area contributed by atoms with E-state index >= 15 is 0 Å². The lowest BCUT2D eigenvalue weighted by molar-refractivity contribution is 1.20. The van der Waals surface area contributed by atoms with Gasteiger partial charge in [0, 0.05) is 16.3 Å². The molecule has 0 aliphatic rings. The lowest BCUT2D eigenvalue weighted by atomic mass is 10.1. The first-order valence-electron chi connectivity index (χ1n) is 4.87. The number of hydrogen-bond donors (Lipinski definition) is 0. The number of aromatic nitrogens is 1. The highest BCUT2D eigenvalue weighted by atomic mass is 35.5. The molecule has 0 N–H and O–H groups in total. The van der Waals surface area contributed by atoms with E-state index in [0.717, 1.165) is 27.5 Å². The quantitative estimate of drug-likeness (QED) is 0.703. The molecule has 2 heteroatoms. The van der Waals surface area contributed by atoms with Crippen molar-refractivity contribution in [3.63, 3.8) is 0 Å². The summed E-state index contributed by atoms with van der Waals surface area (Å²) in [5.41, 5.74) is 4.14. The number of hydrogen-bond acceptors (Lipinski definition) is 1. The summed E-state index contributed by atoms with van der Waals surface area (Å²) in [5.74, 6) is 0. The second kappa shape index (κ2) is 4.03. The van der Waals surface area contributed by atoms with Gasteiger partial charge in [0.25, 0.3) is 0 Å². The molecule has 1 nitrogen and oxygen atoms in total. The fraction of sp³-hybridized carbons (Fsp3) is 0.154. The zero-order valence-electron chi connectivity index (χ0n) is 8.79. The van der Waals surface area contributed by atoms with Gasteiger partial charge in [0.1, 0.15) is 0 Å². The normalized spacial score (nSPS) is 10.3. The lowest BCUT2D eigenvalue weighted by Crippen LogP contribution is -1.86. The molecule has 76 valence electrons. The number of pyridine rings is 1. The van der Waals surface area contributed by atoms with E-state index in [9.17, 15) is 0 Å². The summed E-state index contributed by atoms with van der Waals surface area (Å²) in [6.45, 7) is 3.98. The van der Waals surface area contributed by atoms with Crippen molar-refractivity contribution in [2.45, 2.75) is 13.8 Å². The van der Waals surface area contributed by atoms with Gasteiger partial charge in [0.2, 0.25) is 0 Å². The Labute approximate surface area is 94.7 Å². The number of benzene rings is 1. The van der Waals surface area contributed by atoms with Gasteiger partial charge in [0.05, 0.1) is 5.69 Å². The Morgan fingerprint density at radius 2 is 1.87 bits per heavy atom. The smallest absolute Gasteiger partial charge is 0.0705 e. The van der Waals surface area contributed by atoms with Crippen molar-refractivity contribution >= 4 is 11.6 Å². The molecule has 0 radical (unpaired) electrons. The average molecular weight is 218 g/mol. The van der Waals surface area contributed by atoms with Crippen LogP contribution in [0.25, 0.3) is 11.3 Å². The zero-order valence-corrected chi connectivity index (χ0v) is 9.55. The van der Waals surface area contributed by atoms with Crippen LogP contribution in [-0.4, -0.2) is 4.98 Å². The molecule has 2 rings (SSSR count). The van der Waals surface area contributed by atoms with Gasteiger partial charge in [0.15, 0.2) is 0 Å². The first-order chi connectivity index (χ1) is 7.16. The Bertz CT molecular complexity index is 492. The molecule has 0 saturated heterocycles. The van der Waals surface area contributed by atoms with Crippen LogP contribution in [0.2, 0.25) is 5.02 Å². The number of rotatable bonds is 1. The summed E-state index contributed by atoms with van der Waals surface area (Å²) in [6, 6.07) is 12.0. The van der Waals surface area contributed by atoms with Crippen LogP contribution >= 0.6 is 11.6 Å².